The van der Waals surface area contributed by atoms with Crippen molar-refractivity contribution in [2.75, 3.05) is 26.2 Å². The second-order valence-corrected chi connectivity index (χ2v) is 7.21. The summed E-state index contributed by atoms with van der Waals surface area (Å²) < 4.78 is 19.6. The van der Waals surface area contributed by atoms with E-state index < -0.39 is 5.97 Å². The number of halogens is 2. The maximum Gasteiger partial charge on any atom is 0.307 e. The van der Waals surface area contributed by atoms with Crippen LogP contribution in [0.4, 0.5) is 4.39 Å². The minimum atomic E-state index is -0.724. The van der Waals surface area contributed by atoms with Crippen LogP contribution in [0.5, 0.6) is 0 Å². The highest BCUT2D eigenvalue weighted by atomic mass is 35.5. The lowest BCUT2D eigenvalue weighted by Gasteiger charge is -2.30. The van der Waals surface area contributed by atoms with Crippen molar-refractivity contribution in [3.63, 3.8) is 0 Å². The number of carboxylic acid groups (broad SMARTS) is 1. The van der Waals surface area contributed by atoms with Crippen LogP contribution in [0, 0.1) is 18.7 Å². The number of hydrogen-bond acceptors (Lipinski definition) is 3. The van der Waals surface area contributed by atoms with Gasteiger partial charge in [0, 0.05) is 18.7 Å². The number of likely N-dealkylation sites (tertiary alicyclic amines) is 1. The fourth-order valence-corrected chi connectivity index (χ4v) is 3.60. The van der Waals surface area contributed by atoms with E-state index in [0.717, 1.165) is 41.6 Å². The Bertz CT molecular complexity index is 856. The van der Waals surface area contributed by atoms with Crippen molar-refractivity contribution in [3.05, 3.63) is 77.3 Å². The van der Waals surface area contributed by atoms with Gasteiger partial charge in [-0.25, -0.2) is 4.39 Å². The van der Waals surface area contributed by atoms with Crippen LogP contribution in [0.15, 0.2) is 54.8 Å². The zero-order valence-corrected chi connectivity index (χ0v) is 17.3. The summed E-state index contributed by atoms with van der Waals surface area (Å²) in [7, 11) is 0. The molecular formula is C23H27ClFNO3. The molecule has 0 aromatic heterocycles. The van der Waals surface area contributed by atoms with Gasteiger partial charge in [0.2, 0.25) is 0 Å². The molecule has 1 saturated heterocycles. The third-order valence-electron chi connectivity index (χ3n) is 5.15. The summed E-state index contributed by atoms with van der Waals surface area (Å²) in [5.41, 5.74) is 3.68. The molecule has 6 heteroatoms. The Hall–Kier alpha value is -2.37. The number of aryl methyl sites for hydroxylation is 1. The topological polar surface area (TPSA) is 49.8 Å². The van der Waals surface area contributed by atoms with Crippen LogP contribution in [0.3, 0.4) is 0 Å². The average Bonchev–Trinajstić information content (AvgIpc) is 2.69. The molecule has 2 aromatic rings. The predicted octanol–water partition coefficient (Wildman–Crippen LogP) is 4.76. The molecule has 1 aliphatic heterocycles. The Morgan fingerprint density at radius 3 is 2.79 bits per heavy atom. The van der Waals surface area contributed by atoms with Crippen molar-refractivity contribution in [1.82, 2.24) is 4.90 Å². The van der Waals surface area contributed by atoms with E-state index in [-0.39, 0.29) is 24.1 Å². The molecule has 1 aliphatic rings. The quantitative estimate of drug-likeness (QED) is 0.519. The van der Waals surface area contributed by atoms with Crippen LogP contribution in [-0.2, 0) is 9.53 Å². The van der Waals surface area contributed by atoms with Crippen LogP contribution >= 0.6 is 12.4 Å². The van der Waals surface area contributed by atoms with E-state index in [0.29, 0.717) is 19.7 Å². The van der Waals surface area contributed by atoms with Crippen LogP contribution in [0.25, 0.3) is 5.57 Å². The fourth-order valence-electron chi connectivity index (χ4n) is 3.60. The van der Waals surface area contributed by atoms with Crippen LogP contribution in [-0.4, -0.2) is 42.2 Å². The van der Waals surface area contributed by atoms with Crippen LogP contribution in [0.1, 0.15) is 29.5 Å². The second kappa shape index (κ2) is 11.0. The molecule has 1 fully saturated rings. The molecule has 1 N–H and O–H groups in total. The number of nitrogens with zero attached hydrogens (tertiary/aromatic N) is 1. The van der Waals surface area contributed by atoms with Crippen molar-refractivity contribution < 1.29 is 19.0 Å². The molecule has 0 radical (unpaired) electrons. The lowest BCUT2D eigenvalue weighted by atomic mass is 9.95. The molecule has 156 valence electrons. The summed E-state index contributed by atoms with van der Waals surface area (Å²) in [6.07, 6.45) is 3.32. The summed E-state index contributed by atoms with van der Waals surface area (Å²) in [5, 5.41) is 9.20. The van der Waals surface area contributed by atoms with Crippen LogP contribution < -0.4 is 0 Å². The van der Waals surface area contributed by atoms with Crippen molar-refractivity contribution in [2.45, 2.75) is 19.8 Å². The van der Waals surface area contributed by atoms with Crippen molar-refractivity contribution in [1.29, 1.82) is 0 Å². The van der Waals surface area contributed by atoms with E-state index in [1.54, 1.807) is 12.3 Å². The van der Waals surface area contributed by atoms with Crippen molar-refractivity contribution in [2.24, 2.45) is 5.92 Å². The molecule has 0 aliphatic carbocycles. The molecule has 1 heterocycles. The van der Waals surface area contributed by atoms with Gasteiger partial charge in [-0.1, -0.05) is 36.4 Å². The molecular weight excluding hydrogens is 393 g/mol. The van der Waals surface area contributed by atoms with Gasteiger partial charge in [0.15, 0.2) is 0 Å². The molecule has 0 spiro atoms. The first-order valence-corrected chi connectivity index (χ1v) is 9.63. The van der Waals surface area contributed by atoms with E-state index in [1.807, 2.05) is 37.3 Å². The summed E-state index contributed by atoms with van der Waals surface area (Å²) >= 11 is 0. The number of piperidine rings is 1. The molecule has 1 atom stereocenters. The Morgan fingerprint density at radius 2 is 2.07 bits per heavy atom. The van der Waals surface area contributed by atoms with Gasteiger partial charge in [-0.2, -0.15) is 0 Å². The summed E-state index contributed by atoms with van der Waals surface area (Å²) in [6.45, 7) is 4.60. The molecule has 4 nitrogen and oxygen atoms in total. The van der Waals surface area contributed by atoms with E-state index >= 15 is 0 Å². The molecule has 0 bridgehead atoms. The fraction of sp³-hybridized carbons (Fsp3) is 0.348. The molecule has 0 saturated carbocycles. The monoisotopic (exact) mass is 419 g/mol. The van der Waals surface area contributed by atoms with Gasteiger partial charge in [0.25, 0.3) is 0 Å². The number of carbonyl (C=O) groups is 1. The number of ether oxygens (including phenoxy) is 1. The summed E-state index contributed by atoms with van der Waals surface area (Å²) in [5.74, 6) is -1.30. The van der Waals surface area contributed by atoms with Gasteiger partial charge in [-0.15, -0.1) is 12.4 Å². The largest absolute Gasteiger partial charge is 0.499 e. The van der Waals surface area contributed by atoms with Gasteiger partial charge in [-0.05, 0) is 55.1 Å². The van der Waals surface area contributed by atoms with Gasteiger partial charge in [-0.3, -0.25) is 9.69 Å². The third kappa shape index (κ3) is 6.31. The zero-order chi connectivity index (χ0) is 19.9. The maximum absolute atomic E-state index is 13.8. The van der Waals surface area contributed by atoms with Crippen molar-refractivity contribution >= 4 is 23.9 Å². The molecule has 29 heavy (non-hydrogen) atoms. The Balaban J connectivity index is 0.00000300. The second-order valence-electron chi connectivity index (χ2n) is 7.21. The molecule has 0 unspecified atom stereocenters. The highest BCUT2D eigenvalue weighted by Gasteiger charge is 2.24. The summed E-state index contributed by atoms with van der Waals surface area (Å²) in [6, 6.07) is 14.4. The lowest BCUT2D eigenvalue weighted by Crippen LogP contribution is -2.40. The Morgan fingerprint density at radius 1 is 1.28 bits per heavy atom. The smallest absolute Gasteiger partial charge is 0.307 e. The SMILES string of the molecule is Cc1ccccc1C(=COCCN1CCC[C@@H](C(=O)O)C1)c1cccc(F)c1.Cl. The van der Waals surface area contributed by atoms with Gasteiger partial charge in [0.1, 0.15) is 12.4 Å². The Kier molecular flexibility index (Phi) is 8.68. The number of aliphatic carboxylic acids is 1. The number of benzene rings is 2. The number of rotatable bonds is 7. The lowest BCUT2D eigenvalue weighted by molar-refractivity contribution is -0.143. The standard InChI is InChI=1S/C23H26FNO3.ClH/c1-17-6-2-3-10-21(17)22(18-7-4-9-20(24)14-18)16-28-13-12-25-11-5-8-19(15-25)23(26)27;/h2-4,6-7,9-10,14,16,19H,5,8,11-13,15H2,1H3,(H,26,27);1H/t19-;/m1./s1. The van der Waals surface area contributed by atoms with E-state index in [2.05, 4.69) is 4.90 Å². The first-order chi connectivity index (χ1) is 13.5. The number of carboxylic acids is 1. The minimum absolute atomic E-state index is 0. The molecule has 2 aromatic carbocycles. The normalized spacial score (nSPS) is 17.4. The third-order valence-corrected chi connectivity index (χ3v) is 5.15. The first-order valence-electron chi connectivity index (χ1n) is 9.63. The molecule has 0 amide bonds. The number of hydrogen-bond donors (Lipinski definition) is 1. The summed E-state index contributed by atoms with van der Waals surface area (Å²) in [4.78, 5) is 13.3. The van der Waals surface area contributed by atoms with E-state index in [4.69, 9.17) is 4.74 Å². The highest BCUT2D eigenvalue weighted by molar-refractivity contribution is 5.85. The van der Waals surface area contributed by atoms with E-state index in [1.165, 1.54) is 12.1 Å². The van der Waals surface area contributed by atoms with Gasteiger partial charge >= 0.3 is 5.97 Å². The first kappa shape index (κ1) is 22.9. The minimum Gasteiger partial charge on any atom is -0.499 e. The maximum atomic E-state index is 13.8. The zero-order valence-electron chi connectivity index (χ0n) is 16.5. The Labute approximate surface area is 177 Å². The van der Waals surface area contributed by atoms with Gasteiger partial charge < -0.3 is 9.84 Å². The molecule has 3 rings (SSSR count). The predicted molar refractivity (Wildman–Crippen MR) is 115 cm³/mol. The van der Waals surface area contributed by atoms with Crippen molar-refractivity contribution in [3.8, 4) is 0 Å². The van der Waals surface area contributed by atoms with Gasteiger partial charge in [0.05, 0.1) is 12.2 Å². The van der Waals surface area contributed by atoms with Crippen LogP contribution in [0.2, 0.25) is 0 Å². The highest BCUT2D eigenvalue weighted by Crippen LogP contribution is 2.26. The average molecular weight is 420 g/mol. The van der Waals surface area contributed by atoms with E-state index in [9.17, 15) is 14.3 Å².